The summed E-state index contributed by atoms with van der Waals surface area (Å²) < 4.78 is 5.28. The molecule has 5 heteroatoms. The predicted molar refractivity (Wildman–Crippen MR) is 120 cm³/mol. The Morgan fingerprint density at radius 1 is 0.862 bits per heavy atom. The first-order valence-electron chi connectivity index (χ1n) is 10.8. The summed E-state index contributed by atoms with van der Waals surface area (Å²) in [6.07, 6.45) is 7.47. The number of benzene rings is 2. The van der Waals surface area contributed by atoms with E-state index in [1.807, 2.05) is 18.2 Å². The van der Waals surface area contributed by atoms with E-state index in [0.29, 0.717) is 11.3 Å². The first kappa shape index (κ1) is 19.6. The smallest absolute Gasteiger partial charge is 0.255 e. The SMILES string of the molecule is COc1cccc(C(=O)Nc2cc(N3CCCCC3)ccc2N2CCCCC2)c1. The summed E-state index contributed by atoms with van der Waals surface area (Å²) in [5, 5.41) is 3.19. The lowest BCUT2D eigenvalue weighted by Crippen LogP contribution is -2.31. The molecule has 2 aromatic carbocycles. The zero-order valence-electron chi connectivity index (χ0n) is 17.3. The van der Waals surface area contributed by atoms with E-state index < -0.39 is 0 Å². The highest BCUT2D eigenvalue weighted by Gasteiger charge is 2.19. The molecule has 2 aliphatic heterocycles. The molecule has 1 N–H and O–H groups in total. The van der Waals surface area contributed by atoms with Crippen LogP contribution in [0, 0.1) is 0 Å². The van der Waals surface area contributed by atoms with Crippen LogP contribution in [0.1, 0.15) is 48.9 Å². The molecule has 5 nitrogen and oxygen atoms in total. The van der Waals surface area contributed by atoms with Gasteiger partial charge in [-0.05, 0) is 74.9 Å². The van der Waals surface area contributed by atoms with Gasteiger partial charge in [-0.3, -0.25) is 4.79 Å². The Kier molecular flexibility index (Phi) is 6.23. The number of ether oxygens (including phenoxy) is 1. The number of carbonyl (C=O) groups excluding carboxylic acids is 1. The van der Waals surface area contributed by atoms with Crippen molar-refractivity contribution in [2.75, 3.05) is 48.4 Å². The van der Waals surface area contributed by atoms with Gasteiger partial charge >= 0.3 is 0 Å². The Balaban J connectivity index is 1.62. The minimum atomic E-state index is -0.0991. The molecule has 0 saturated carbocycles. The van der Waals surface area contributed by atoms with Crippen molar-refractivity contribution in [3.63, 3.8) is 0 Å². The molecular weight excluding hydrogens is 362 g/mol. The van der Waals surface area contributed by atoms with E-state index in [2.05, 4.69) is 33.3 Å². The van der Waals surface area contributed by atoms with Gasteiger partial charge in [0, 0.05) is 37.4 Å². The number of methoxy groups -OCH3 is 1. The molecule has 0 radical (unpaired) electrons. The largest absolute Gasteiger partial charge is 0.497 e. The second-order valence-corrected chi connectivity index (χ2v) is 7.98. The number of nitrogens with zero attached hydrogens (tertiary/aromatic N) is 2. The van der Waals surface area contributed by atoms with Gasteiger partial charge in [-0.25, -0.2) is 0 Å². The zero-order valence-corrected chi connectivity index (χ0v) is 17.3. The fourth-order valence-corrected chi connectivity index (χ4v) is 4.34. The zero-order chi connectivity index (χ0) is 20.1. The van der Waals surface area contributed by atoms with E-state index in [1.54, 1.807) is 13.2 Å². The third-order valence-electron chi connectivity index (χ3n) is 5.98. The van der Waals surface area contributed by atoms with E-state index in [9.17, 15) is 4.79 Å². The topological polar surface area (TPSA) is 44.8 Å². The Labute approximate surface area is 173 Å². The Morgan fingerprint density at radius 3 is 2.24 bits per heavy atom. The lowest BCUT2D eigenvalue weighted by molar-refractivity contribution is 0.102. The quantitative estimate of drug-likeness (QED) is 0.782. The minimum Gasteiger partial charge on any atom is -0.497 e. The molecule has 2 fully saturated rings. The molecule has 0 spiro atoms. The van der Waals surface area contributed by atoms with Gasteiger partial charge < -0.3 is 19.9 Å². The van der Waals surface area contributed by atoms with Gasteiger partial charge in [-0.2, -0.15) is 0 Å². The number of hydrogen-bond donors (Lipinski definition) is 1. The van der Waals surface area contributed by atoms with Crippen molar-refractivity contribution in [2.24, 2.45) is 0 Å². The van der Waals surface area contributed by atoms with Crippen LogP contribution in [-0.4, -0.2) is 39.2 Å². The van der Waals surface area contributed by atoms with Crippen LogP contribution in [0.3, 0.4) is 0 Å². The fourth-order valence-electron chi connectivity index (χ4n) is 4.34. The molecule has 0 aromatic heterocycles. The average Bonchev–Trinajstić information content (AvgIpc) is 2.80. The van der Waals surface area contributed by atoms with Crippen molar-refractivity contribution in [1.82, 2.24) is 0 Å². The van der Waals surface area contributed by atoms with Gasteiger partial charge in [0.25, 0.3) is 5.91 Å². The summed E-state index contributed by atoms with van der Waals surface area (Å²) in [5.74, 6) is 0.592. The van der Waals surface area contributed by atoms with Gasteiger partial charge in [0.05, 0.1) is 18.5 Å². The van der Waals surface area contributed by atoms with Crippen LogP contribution in [0.4, 0.5) is 17.1 Å². The lowest BCUT2D eigenvalue weighted by atomic mass is 10.1. The molecule has 0 bridgehead atoms. The van der Waals surface area contributed by atoms with E-state index >= 15 is 0 Å². The van der Waals surface area contributed by atoms with E-state index in [0.717, 1.165) is 37.6 Å². The molecule has 2 heterocycles. The molecule has 2 aliphatic rings. The summed E-state index contributed by atoms with van der Waals surface area (Å²) >= 11 is 0. The maximum absolute atomic E-state index is 13.0. The van der Waals surface area contributed by atoms with Crippen molar-refractivity contribution in [3.05, 3.63) is 48.0 Å². The Bertz CT molecular complexity index is 840. The summed E-state index contributed by atoms with van der Waals surface area (Å²) in [5.41, 5.74) is 3.84. The maximum Gasteiger partial charge on any atom is 0.255 e. The monoisotopic (exact) mass is 393 g/mol. The summed E-state index contributed by atoms with van der Waals surface area (Å²) in [6.45, 7) is 4.27. The molecule has 4 rings (SSSR count). The van der Waals surface area contributed by atoms with Crippen LogP contribution >= 0.6 is 0 Å². The number of piperidine rings is 2. The summed E-state index contributed by atoms with van der Waals surface area (Å²) in [7, 11) is 1.62. The van der Waals surface area contributed by atoms with Gasteiger partial charge in [0.15, 0.2) is 0 Å². The summed E-state index contributed by atoms with van der Waals surface area (Å²) in [4.78, 5) is 17.8. The van der Waals surface area contributed by atoms with E-state index in [4.69, 9.17) is 4.74 Å². The van der Waals surface area contributed by atoms with Gasteiger partial charge in [0.1, 0.15) is 5.75 Å². The molecule has 0 atom stereocenters. The average molecular weight is 394 g/mol. The van der Waals surface area contributed by atoms with E-state index in [-0.39, 0.29) is 5.91 Å². The third-order valence-corrected chi connectivity index (χ3v) is 5.98. The highest BCUT2D eigenvalue weighted by molar-refractivity contribution is 6.06. The Hall–Kier alpha value is -2.69. The molecule has 2 aromatic rings. The van der Waals surface area contributed by atoms with Gasteiger partial charge in [0.2, 0.25) is 0 Å². The van der Waals surface area contributed by atoms with Crippen molar-refractivity contribution in [3.8, 4) is 5.75 Å². The van der Waals surface area contributed by atoms with Crippen LogP contribution in [0.5, 0.6) is 5.75 Å². The van der Waals surface area contributed by atoms with Crippen LogP contribution < -0.4 is 19.9 Å². The highest BCUT2D eigenvalue weighted by atomic mass is 16.5. The maximum atomic E-state index is 13.0. The number of rotatable bonds is 5. The van der Waals surface area contributed by atoms with E-state index in [1.165, 1.54) is 44.2 Å². The second-order valence-electron chi connectivity index (χ2n) is 7.98. The molecule has 154 valence electrons. The van der Waals surface area contributed by atoms with Gasteiger partial charge in [-0.1, -0.05) is 6.07 Å². The minimum absolute atomic E-state index is 0.0991. The molecule has 1 amide bonds. The molecule has 0 aliphatic carbocycles. The first-order valence-corrected chi connectivity index (χ1v) is 10.8. The molecule has 2 saturated heterocycles. The Morgan fingerprint density at radius 2 is 1.55 bits per heavy atom. The highest BCUT2D eigenvalue weighted by Crippen LogP contribution is 2.34. The number of nitrogens with one attached hydrogen (secondary N) is 1. The molecule has 0 unspecified atom stereocenters. The van der Waals surface area contributed by atoms with Crippen molar-refractivity contribution >= 4 is 23.0 Å². The number of anilines is 3. The fraction of sp³-hybridized carbons (Fsp3) is 0.458. The van der Waals surface area contributed by atoms with Crippen LogP contribution in [0.25, 0.3) is 0 Å². The van der Waals surface area contributed by atoms with Crippen molar-refractivity contribution < 1.29 is 9.53 Å². The lowest BCUT2D eigenvalue weighted by Gasteiger charge is -2.33. The molecular formula is C24H31N3O2. The second kappa shape index (κ2) is 9.21. The number of amides is 1. The van der Waals surface area contributed by atoms with Crippen molar-refractivity contribution in [2.45, 2.75) is 38.5 Å². The van der Waals surface area contributed by atoms with Crippen LogP contribution in [0.2, 0.25) is 0 Å². The predicted octanol–water partition coefficient (Wildman–Crippen LogP) is 4.93. The van der Waals surface area contributed by atoms with Crippen molar-refractivity contribution in [1.29, 1.82) is 0 Å². The van der Waals surface area contributed by atoms with Crippen LogP contribution in [-0.2, 0) is 0 Å². The third kappa shape index (κ3) is 4.66. The molecule has 29 heavy (non-hydrogen) atoms. The van der Waals surface area contributed by atoms with Gasteiger partial charge in [-0.15, -0.1) is 0 Å². The standard InChI is InChI=1S/C24H31N3O2/c1-29-21-10-8-9-19(17-21)24(28)25-22-18-20(26-13-4-2-5-14-26)11-12-23(22)27-15-6-3-7-16-27/h8-12,17-18H,2-7,13-16H2,1H3,(H,25,28). The van der Waals surface area contributed by atoms with Crippen LogP contribution in [0.15, 0.2) is 42.5 Å². The number of carbonyl (C=O) groups is 1. The normalized spacial score (nSPS) is 17.1. The summed E-state index contributed by atoms with van der Waals surface area (Å²) in [6, 6.07) is 13.9. The number of hydrogen-bond acceptors (Lipinski definition) is 4. The first-order chi connectivity index (χ1) is 14.2.